The number of carbonyl (C=O) groups is 1. The molecule has 8 nitrogen and oxygen atoms in total. The largest absolute Gasteiger partial charge is 0.378 e. The van der Waals surface area contributed by atoms with Crippen molar-refractivity contribution in [2.45, 2.75) is 4.90 Å². The van der Waals surface area contributed by atoms with Gasteiger partial charge in [0.2, 0.25) is 10.0 Å². The predicted octanol–water partition coefficient (Wildman–Crippen LogP) is -0.442. The molecule has 0 aliphatic carbocycles. The number of nitrogens with two attached hydrogens (primary N) is 1. The maximum absolute atomic E-state index is 12.6. The van der Waals surface area contributed by atoms with E-state index in [1.165, 1.54) is 6.07 Å². The monoisotopic (exact) mass is 368 g/mol. The van der Waals surface area contributed by atoms with Gasteiger partial charge in [0, 0.05) is 44.8 Å². The van der Waals surface area contributed by atoms with Crippen molar-refractivity contribution in [1.29, 1.82) is 0 Å². The molecule has 2 N–H and O–H groups in total. The number of nitrogens with zero attached hydrogens (tertiary/aromatic N) is 3. The molecule has 0 unspecified atom stereocenters. The van der Waals surface area contributed by atoms with E-state index in [9.17, 15) is 13.2 Å². The van der Waals surface area contributed by atoms with Crippen LogP contribution in [0.4, 0.5) is 5.69 Å². The Balaban J connectivity index is 1.91. The smallest absolute Gasteiger partial charge is 0.254 e. The van der Waals surface area contributed by atoms with Gasteiger partial charge in [0.15, 0.2) is 0 Å². The van der Waals surface area contributed by atoms with Crippen molar-refractivity contribution >= 4 is 21.6 Å². The van der Waals surface area contributed by atoms with Crippen LogP contribution in [0, 0.1) is 0 Å². The summed E-state index contributed by atoms with van der Waals surface area (Å²) in [6, 6.07) is 4.78. The van der Waals surface area contributed by atoms with E-state index in [0.717, 1.165) is 26.2 Å². The molecule has 1 amide bonds. The molecule has 1 aromatic rings. The molecule has 138 valence electrons. The van der Waals surface area contributed by atoms with Crippen molar-refractivity contribution in [3.63, 3.8) is 0 Å². The molecule has 2 aliphatic heterocycles. The number of morpholine rings is 1. The zero-order valence-electron chi connectivity index (χ0n) is 14.3. The summed E-state index contributed by atoms with van der Waals surface area (Å²) >= 11 is 0. The number of hydrogen-bond donors (Lipinski definition) is 1. The number of carbonyl (C=O) groups excluding carboxylic acids is 1. The van der Waals surface area contributed by atoms with E-state index >= 15 is 0 Å². The highest BCUT2D eigenvalue weighted by atomic mass is 32.2. The van der Waals surface area contributed by atoms with Gasteiger partial charge in [-0.25, -0.2) is 13.6 Å². The summed E-state index contributed by atoms with van der Waals surface area (Å²) in [6.07, 6.45) is 0. The molecule has 0 spiro atoms. The van der Waals surface area contributed by atoms with Crippen LogP contribution in [0.2, 0.25) is 0 Å². The lowest BCUT2D eigenvalue weighted by atomic mass is 10.1. The minimum absolute atomic E-state index is 0.0103. The van der Waals surface area contributed by atoms with Gasteiger partial charge in [0.25, 0.3) is 5.91 Å². The summed E-state index contributed by atoms with van der Waals surface area (Å²) in [5.74, 6) is -0.196. The molecule has 0 saturated carbocycles. The fourth-order valence-corrected chi connectivity index (χ4v) is 3.91. The summed E-state index contributed by atoms with van der Waals surface area (Å²) in [4.78, 5) is 18.5. The van der Waals surface area contributed by atoms with E-state index in [2.05, 4.69) is 4.90 Å². The highest BCUT2D eigenvalue weighted by Crippen LogP contribution is 2.27. The Labute approximate surface area is 148 Å². The highest BCUT2D eigenvalue weighted by Gasteiger charge is 2.25. The summed E-state index contributed by atoms with van der Waals surface area (Å²) in [6.45, 7) is 5.12. The molecular formula is C16H24N4O4S. The lowest BCUT2D eigenvalue weighted by Gasteiger charge is -2.35. The Morgan fingerprint density at radius 2 is 1.72 bits per heavy atom. The lowest BCUT2D eigenvalue weighted by Crippen LogP contribution is -2.45. The molecule has 0 aromatic heterocycles. The third-order valence-electron chi connectivity index (χ3n) is 4.66. The number of primary sulfonamides is 1. The Kier molecular flexibility index (Phi) is 5.28. The van der Waals surface area contributed by atoms with Crippen molar-refractivity contribution in [2.24, 2.45) is 5.14 Å². The quantitative estimate of drug-likeness (QED) is 0.777. The van der Waals surface area contributed by atoms with Crippen molar-refractivity contribution in [3.05, 3.63) is 23.8 Å². The average molecular weight is 368 g/mol. The van der Waals surface area contributed by atoms with Crippen LogP contribution in [-0.2, 0) is 14.8 Å². The first kappa shape index (κ1) is 18.1. The Hall–Kier alpha value is -1.68. The van der Waals surface area contributed by atoms with Gasteiger partial charge in [0.1, 0.15) is 4.90 Å². The van der Waals surface area contributed by atoms with Crippen molar-refractivity contribution in [2.75, 3.05) is 64.4 Å². The second-order valence-corrected chi connectivity index (χ2v) is 7.95. The maximum atomic E-state index is 12.6. The molecule has 1 aromatic carbocycles. The second kappa shape index (κ2) is 7.28. The third kappa shape index (κ3) is 4.12. The molecule has 0 bridgehead atoms. The number of hydrogen-bond acceptors (Lipinski definition) is 6. The number of likely N-dealkylation sites (N-methyl/N-ethyl adjacent to an activating group) is 1. The Morgan fingerprint density at radius 1 is 1.08 bits per heavy atom. The number of amides is 1. The van der Waals surface area contributed by atoms with Crippen LogP contribution in [0.1, 0.15) is 10.4 Å². The molecule has 2 heterocycles. The van der Waals surface area contributed by atoms with Gasteiger partial charge in [-0.1, -0.05) is 0 Å². The molecule has 9 heteroatoms. The average Bonchev–Trinajstić information content (AvgIpc) is 2.61. The molecule has 2 fully saturated rings. The number of rotatable bonds is 3. The fraction of sp³-hybridized carbons (Fsp3) is 0.562. The van der Waals surface area contributed by atoms with Crippen LogP contribution in [0.3, 0.4) is 0 Å². The normalized spacial score (nSPS) is 19.9. The van der Waals surface area contributed by atoms with Gasteiger partial charge in [0.05, 0.1) is 18.9 Å². The topological polar surface area (TPSA) is 96.2 Å². The van der Waals surface area contributed by atoms with Crippen LogP contribution in [0.15, 0.2) is 23.1 Å². The van der Waals surface area contributed by atoms with Crippen LogP contribution < -0.4 is 10.0 Å². The molecule has 3 rings (SSSR count). The number of ether oxygens (including phenoxy) is 1. The molecule has 0 radical (unpaired) electrons. The standard InChI is InChI=1S/C16H24N4O4S/c1-18-4-6-19(7-5-18)14-3-2-13(12-15(14)25(17,22)23)16(21)20-8-10-24-11-9-20/h2-3,12H,4-11H2,1H3,(H2,17,22,23). The van der Waals surface area contributed by atoms with E-state index in [4.69, 9.17) is 9.88 Å². The lowest BCUT2D eigenvalue weighted by molar-refractivity contribution is 0.0302. The van der Waals surface area contributed by atoms with Crippen LogP contribution >= 0.6 is 0 Å². The summed E-state index contributed by atoms with van der Waals surface area (Å²) in [5.41, 5.74) is 0.901. The predicted molar refractivity (Wildman–Crippen MR) is 94.2 cm³/mol. The van der Waals surface area contributed by atoms with Crippen LogP contribution in [0.25, 0.3) is 0 Å². The van der Waals surface area contributed by atoms with E-state index in [-0.39, 0.29) is 10.8 Å². The first-order chi connectivity index (χ1) is 11.9. The molecule has 0 atom stereocenters. The van der Waals surface area contributed by atoms with Gasteiger partial charge >= 0.3 is 0 Å². The van der Waals surface area contributed by atoms with E-state index < -0.39 is 10.0 Å². The number of sulfonamides is 1. The summed E-state index contributed by atoms with van der Waals surface area (Å²) < 4.78 is 29.5. The first-order valence-electron chi connectivity index (χ1n) is 8.33. The molecule has 25 heavy (non-hydrogen) atoms. The van der Waals surface area contributed by atoms with Gasteiger partial charge in [-0.05, 0) is 25.2 Å². The third-order valence-corrected chi connectivity index (χ3v) is 5.60. The SMILES string of the molecule is CN1CCN(c2ccc(C(=O)N3CCOCC3)cc2S(N)(=O)=O)CC1. The van der Waals surface area contributed by atoms with Gasteiger partial charge in [-0.15, -0.1) is 0 Å². The van der Waals surface area contributed by atoms with Crippen molar-refractivity contribution in [1.82, 2.24) is 9.80 Å². The zero-order valence-corrected chi connectivity index (χ0v) is 15.2. The zero-order chi connectivity index (χ0) is 18.0. The summed E-state index contributed by atoms with van der Waals surface area (Å²) in [7, 11) is -1.90. The van der Waals surface area contributed by atoms with Crippen molar-refractivity contribution < 1.29 is 17.9 Å². The molecule has 2 aliphatic rings. The molecular weight excluding hydrogens is 344 g/mol. The number of anilines is 1. The first-order valence-corrected chi connectivity index (χ1v) is 9.88. The summed E-state index contributed by atoms with van der Waals surface area (Å²) in [5, 5.41) is 5.43. The highest BCUT2D eigenvalue weighted by molar-refractivity contribution is 7.89. The van der Waals surface area contributed by atoms with E-state index in [1.807, 2.05) is 11.9 Å². The number of piperazine rings is 1. The van der Waals surface area contributed by atoms with Crippen LogP contribution in [0.5, 0.6) is 0 Å². The Bertz CT molecular complexity index is 739. The van der Waals surface area contributed by atoms with E-state index in [0.29, 0.717) is 37.6 Å². The Morgan fingerprint density at radius 3 is 2.32 bits per heavy atom. The molecule has 2 saturated heterocycles. The minimum Gasteiger partial charge on any atom is -0.378 e. The van der Waals surface area contributed by atoms with Crippen LogP contribution in [-0.4, -0.2) is 83.7 Å². The maximum Gasteiger partial charge on any atom is 0.254 e. The number of benzene rings is 1. The van der Waals surface area contributed by atoms with Crippen molar-refractivity contribution in [3.8, 4) is 0 Å². The van der Waals surface area contributed by atoms with Gasteiger partial charge in [-0.2, -0.15) is 0 Å². The fourth-order valence-electron chi connectivity index (χ4n) is 3.13. The van der Waals surface area contributed by atoms with E-state index in [1.54, 1.807) is 17.0 Å². The van der Waals surface area contributed by atoms with Gasteiger partial charge in [-0.3, -0.25) is 4.79 Å². The van der Waals surface area contributed by atoms with Gasteiger partial charge < -0.3 is 19.4 Å². The minimum atomic E-state index is -3.93. The second-order valence-electron chi connectivity index (χ2n) is 6.42.